The van der Waals surface area contributed by atoms with Gasteiger partial charge >= 0.3 is 12.3 Å². The van der Waals surface area contributed by atoms with Gasteiger partial charge in [-0.05, 0) is 68.7 Å². The van der Waals surface area contributed by atoms with E-state index >= 15 is 0 Å². The van der Waals surface area contributed by atoms with Crippen LogP contribution in [-0.4, -0.2) is 66.9 Å². The van der Waals surface area contributed by atoms with E-state index in [9.17, 15) is 31.5 Å². The van der Waals surface area contributed by atoms with Gasteiger partial charge in [0.2, 0.25) is 5.92 Å². The Kier molecular flexibility index (Phi) is 7.49. The molecule has 0 aromatic carbocycles. The Morgan fingerprint density at radius 1 is 1.12 bits per heavy atom. The molecule has 4 heterocycles. The van der Waals surface area contributed by atoms with Crippen LogP contribution in [0.3, 0.4) is 0 Å². The molecule has 3 fully saturated rings. The molecule has 2 saturated carbocycles. The summed E-state index contributed by atoms with van der Waals surface area (Å²) in [5, 5.41) is 10.0. The van der Waals surface area contributed by atoms with Crippen LogP contribution < -0.4 is 5.32 Å². The fourth-order valence-electron chi connectivity index (χ4n) is 5.87. The first kappa shape index (κ1) is 29.2. The standard InChI is InChI=1S/C27H30F5N7O4/c1-13-20(38-43-37-13)24(40)35-21(14-6-9-26(28,29)10-7-14)23-34-18-5-4-17(33-22(18)36-23)19-12-15(27(30,31)32)8-11-39(19)25(41)42-16-2-3-16/h4-5,14-16,19,21H,2-3,6-12H2,1H3,(H,35,40)(H,33,34,36)/t15?,19-,21?/m1/s1. The van der Waals surface area contributed by atoms with Crippen molar-refractivity contribution in [1.82, 2.24) is 35.5 Å². The lowest BCUT2D eigenvalue weighted by atomic mass is 9.81. The number of rotatable bonds is 6. The van der Waals surface area contributed by atoms with Crippen molar-refractivity contribution in [1.29, 1.82) is 0 Å². The zero-order valence-corrected chi connectivity index (χ0v) is 23.2. The van der Waals surface area contributed by atoms with Crippen LogP contribution in [0.1, 0.15) is 91.2 Å². The first-order valence-corrected chi connectivity index (χ1v) is 14.3. The predicted molar refractivity (Wildman–Crippen MR) is 138 cm³/mol. The van der Waals surface area contributed by atoms with Crippen LogP contribution in [0.4, 0.5) is 26.7 Å². The molecule has 6 rings (SSSR count). The van der Waals surface area contributed by atoms with E-state index in [0.717, 1.165) is 12.8 Å². The zero-order chi connectivity index (χ0) is 30.5. The minimum Gasteiger partial charge on any atom is -0.446 e. The average Bonchev–Trinajstić information content (AvgIpc) is 3.50. The molecule has 2 aliphatic carbocycles. The zero-order valence-electron chi connectivity index (χ0n) is 23.2. The van der Waals surface area contributed by atoms with E-state index in [1.807, 2.05) is 0 Å². The monoisotopic (exact) mass is 611 g/mol. The third-order valence-corrected chi connectivity index (χ3v) is 8.50. The molecule has 2 N–H and O–H groups in total. The maximum atomic E-state index is 14.0. The Morgan fingerprint density at radius 3 is 2.51 bits per heavy atom. The maximum Gasteiger partial charge on any atom is 0.410 e. The number of H-pyrrole nitrogens is 1. The molecule has 0 bridgehead atoms. The van der Waals surface area contributed by atoms with Gasteiger partial charge in [-0.1, -0.05) is 5.16 Å². The smallest absolute Gasteiger partial charge is 0.410 e. The number of ether oxygens (including phenoxy) is 1. The molecule has 11 nitrogen and oxygen atoms in total. The second kappa shape index (κ2) is 11.0. The van der Waals surface area contributed by atoms with Gasteiger partial charge < -0.3 is 15.0 Å². The van der Waals surface area contributed by atoms with Gasteiger partial charge in [-0.3, -0.25) is 9.69 Å². The highest BCUT2D eigenvalue weighted by molar-refractivity contribution is 5.93. The van der Waals surface area contributed by atoms with Crippen molar-refractivity contribution in [2.24, 2.45) is 11.8 Å². The number of piperidine rings is 1. The quantitative estimate of drug-likeness (QED) is 0.346. The summed E-state index contributed by atoms with van der Waals surface area (Å²) in [4.78, 5) is 39.3. The van der Waals surface area contributed by atoms with Crippen molar-refractivity contribution < 1.29 is 40.9 Å². The molecule has 1 saturated heterocycles. The van der Waals surface area contributed by atoms with Gasteiger partial charge in [0.1, 0.15) is 17.6 Å². The number of hydrogen-bond acceptors (Lipinski definition) is 8. The molecule has 0 spiro atoms. The SMILES string of the molecule is Cc1nonc1C(=O)NC(c1nc2nc([C@H]3CC(C(F)(F)F)CCN3C(=O)OC3CC3)ccc2[nH]1)C1CCC(F)(F)CC1. The third kappa shape index (κ3) is 6.27. The van der Waals surface area contributed by atoms with E-state index in [1.165, 1.54) is 17.9 Å². The molecule has 3 atom stereocenters. The third-order valence-electron chi connectivity index (χ3n) is 8.50. The number of imidazole rings is 1. The van der Waals surface area contributed by atoms with Crippen molar-refractivity contribution >= 4 is 23.2 Å². The van der Waals surface area contributed by atoms with Crippen LogP contribution in [-0.2, 0) is 4.74 Å². The number of nitrogens with one attached hydrogen (secondary N) is 2. The molecular weight excluding hydrogens is 581 g/mol. The van der Waals surface area contributed by atoms with Gasteiger partial charge in [0.25, 0.3) is 5.91 Å². The Morgan fingerprint density at radius 2 is 1.86 bits per heavy atom. The van der Waals surface area contributed by atoms with Crippen LogP contribution in [0.2, 0.25) is 0 Å². The minimum atomic E-state index is -4.44. The Labute approximate surface area is 241 Å². The van der Waals surface area contributed by atoms with Crippen molar-refractivity contribution in [2.75, 3.05) is 6.54 Å². The van der Waals surface area contributed by atoms with E-state index < -0.39 is 48.0 Å². The van der Waals surface area contributed by atoms with Crippen molar-refractivity contribution in [3.05, 3.63) is 35.0 Å². The Hall–Kier alpha value is -3.85. The fourth-order valence-corrected chi connectivity index (χ4v) is 5.87. The lowest BCUT2D eigenvalue weighted by Gasteiger charge is -2.39. The number of carbonyl (C=O) groups excluding carboxylic acids is 2. The second-order valence-corrected chi connectivity index (χ2v) is 11.6. The molecule has 43 heavy (non-hydrogen) atoms. The Balaban J connectivity index is 1.31. The number of nitrogens with zero attached hydrogens (tertiary/aromatic N) is 5. The minimum absolute atomic E-state index is 0.0580. The molecule has 3 aromatic rings. The van der Waals surface area contributed by atoms with E-state index in [-0.39, 0.29) is 79.7 Å². The fraction of sp³-hybridized carbons (Fsp3) is 0.630. The predicted octanol–water partition coefficient (Wildman–Crippen LogP) is 5.56. The number of fused-ring (bicyclic) bond motifs is 1. The summed E-state index contributed by atoms with van der Waals surface area (Å²) < 4.78 is 79.1. The van der Waals surface area contributed by atoms with E-state index in [2.05, 4.69) is 35.2 Å². The van der Waals surface area contributed by atoms with Gasteiger partial charge in [-0.25, -0.2) is 28.2 Å². The highest BCUT2D eigenvalue weighted by Crippen LogP contribution is 2.44. The van der Waals surface area contributed by atoms with Gasteiger partial charge in [0.15, 0.2) is 11.3 Å². The molecule has 1 aliphatic heterocycles. The number of halogens is 5. The molecule has 2 unspecified atom stereocenters. The molecule has 3 aliphatic rings. The Bertz CT molecular complexity index is 1490. The van der Waals surface area contributed by atoms with Gasteiger partial charge in [0.05, 0.1) is 29.2 Å². The van der Waals surface area contributed by atoms with E-state index in [0.29, 0.717) is 5.52 Å². The number of aryl methyl sites for hydroxylation is 1. The number of carbonyl (C=O) groups is 2. The van der Waals surface area contributed by atoms with Crippen molar-refractivity contribution in [3.8, 4) is 0 Å². The summed E-state index contributed by atoms with van der Waals surface area (Å²) in [5.74, 6) is -5.20. The second-order valence-electron chi connectivity index (χ2n) is 11.6. The lowest BCUT2D eigenvalue weighted by Crippen LogP contribution is -2.45. The summed E-state index contributed by atoms with van der Waals surface area (Å²) in [5.41, 5.74) is 0.981. The highest BCUT2D eigenvalue weighted by Gasteiger charge is 2.47. The van der Waals surface area contributed by atoms with Gasteiger partial charge in [0, 0.05) is 19.4 Å². The molecule has 3 aromatic heterocycles. The van der Waals surface area contributed by atoms with Crippen LogP contribution >= 0.6 is 0 Å². The maximum absolute atomic E-state index is 14.0. The van der Waals surface area contributed by atoms with Crippen LogP contribution in [0.15, 0.2) is 16.8 Å². The van der Waals surface area contributed by atoms with Gasteiger partial charge in [-0.15, -0.1) is 0 Å². The van der Waals surface area contributed by atoms with Crippen molar-refractivity contribution in [3.63, 3.8) is 0 Å². The number of alkyl halides is 5. The van der Waals surface area contributed by atoms with Crippen LogP contribution in [0.5, 0.6) is 0 Å². The largest absolute Gasteiger partial charge is 0.446 e. The normalized spacial score (nSPS) is 23.7. The summed E-state index contributed by atoms with van der Waals surface area (Å²) in [6.07, 6.45) is -4.99. The number of aromatic amines is 1. The molecular formula is C27H30F5N7O4. The van der Waals surface area contributed by atoms with E-state index in [1.54, 1.807) is 6.07 Å². The summed E-state index contributed by atoms with van der Waals surface area (Å²) in [6, 6.07) is 1.31. The molecule has 0 radical (unpaired) electrons. The summed E-state index contributed by atoms with van der Waals surface area (Å²) in [7, 11) is 0. The number of amides is 2. The van der Waals surface area contributed by atoms with Crippen LogP contribution in [0.25, 0.3) is 11.2 Å². The summed E-state index contributed by atoms with van der Waals surface area (Å²) in [6.45, 7) is 1.40. The summed E-state index contributed by atoms with van der Waals surface area (Å²) >= 11 is 0. The first-order valence-electron chi connectivity index (χ1n) is 14.3. The van der Waals surface area contributed by atoms with Gasteiger partial charge in [-0.2, -0.15) is 13.2 Å². The lowest BCUT2D eigenvalue weighted by molar-refractivity contribution is -0.189. The number of aromatic nitrogens is 5. The number of pyridine rings is 1. The first-order chi connectivity index (χ1) is 20.4. The van der Waals surface area contributed by atoms with Crippen LogP contribution in [0, 0.1) is 18.8 Å². The molecule has 16 heteroatoms. The van der Waals surface area contributed by atoms with E-state index in [4.69, 9.17) is 4.74 Å². The number of hydrogen-bond donors (Lipinski definition) is 2. The number of likely N-dealkylation sites (tertiary alicyclic amines) is 1. The molecule has 232 valence electrons. The van der Waals surface area contributed by atoms with Crippen molar-refractivity contribution in [2.45, 2.75) is 88.6 Å². The molecule has 2 amide bonds. The topological polar surface area (TPSA) is 139 Å². The average molecular weight is 612 g/mol. The highest BCUT2D eigenvalue weighted by atomic mass is 19.4.